The Balaban J connectivity index is 1.58. The highest BCUT2D eigenvalue weighted by Gasteiger charge is 2.14. The first-order valence-electron chi connectivity index (χ1n) is 8.98. The summed E-state index contributed by atoms with van der Waals surface area (Å²) in [6.45, 7) is 0.635. The molecule has 0 atom stereocenters. The van der Waals surface area contributed by atoms with E-state index in [-0.39, 0.29) is 5.91 Å². The second-order valence-electron chi connectivity index (χ2n) is 5.99. The van der Waals surface area contributed by atoms with E-state index in [1.165, 1.54) is 0 Å². The number of ether oxygens (including phenoxy) is 4. The van der Waals surface area contributed by atoms with Gasteiger partial charge in [0, 0.05) is 11.6 Å². The quantitative estimate of drug-likeness (QED) is 0.539. The lowest BCUT2D eigenvalue weighted by atomic mass is 10.1. The van der Waals surface area contributed by atoms with Crippen molar-refractivity contribution in [3.05, 3.63) is 54.2 Å². The zero-order valence-corrected chi connectivity index (χ0v) is 16.5. The monoisotopic (exact) mass is 397 g/mol. The van der Waals surface area contributed by atoms with Crippen LogP contribution in [-0.2, 0) is 0 Å². The predicted octanol–water partition coefficient (Wildman–Crippen LogP) is 2.91. The maximum absolute atomic E-state index is 12.4. The first kappa shape index (κ1) is 20.1. The fourth-order valence-electron chi connectivity index (χ4n) is 2.74. The molecule has 0 fully saturated rings. The number of carbonyl (C=O) groups is 1. The fourth-order valence-corrected chi connectivity index (χ4v) is 2.74. The van der Waals surface area contributed by atoms with Crippen molar-refractivity contribution < 1.29 is 23.7 Å². The number of aromatic amines is 1. The second kappa shape index (κ2) is 9.50. The summed E-state index contributed by atoms with van der Waals surface area (Å²) in [6, 6.07) is 14.4. The average Bonchev–Trinajstić information content (AvgIpc) is 3.26. The molecular weight excluding hydrogens is 374 g/mol. The third-order valence-electron chi connectivity index (χ3n) is 4.22. The van der Waals surface area contributed by atoms with Crippen LogP contribution in [0.5, 0.6) is 23.0 Å². The Kier molecular flexibility index (Phi) is 6.57. The number of nitrogens with one attached hydrogen (secondary N) is 2. The molecule has 0 bridgehead atoms. The van der Waals surface area contributed by atoms with Crippen LogP contribution in [0.4, 0.5) is 0 Å². The third kappa shape index (κ3) is 4.78. The van der Waals surface area contributed by atoms with Crippen molar-refractivity contribution in [1.82, 2.24) is 15.5 Å². The lowest BCUT2D eigenvalue weighted by Gasteiger charge is -2.10. The van der Waals surface area contributed by atoms with Gasteiger partial charge in [-0.2, -0.15) is 5.10 Å². The van der Waals surface area contributed by atoms with Crippen LogP contribution in [0.3, 0.4) is 0 Å². The standard InChI is InChI=1S/C21H23N3O5/c1-26-14-8-9-15(20(12-14)28-3)16-13-17(24-23-16)21(25)22-10-11-29-19-7-5-4-6-18(19)27-2/h4-9,12-13H,10-11H2,1-3H3,(H,22,25)(H,23,24). The Morgan fingerprint density at radius 1 is 0.966 bits per heavy atom. The summed E-state index contributed by atoms with van der Waals surface area (Å²) in [5, 5.41) is 9.76. The van der Waals surface area contributed by atoms with Gasteiger partial charge >= 0.3 is 0 Å². The highest BCUT2D eigenvalue weighted by Crippen LogP contribution is 2.32. The Labute approximate surface area is 168 Å². The minimum atomic E-state index is -0.278. The van der Waals surface area contributed by atoms with Gasteiger partial charge in [-0.1, -0.05) is 12.1 Å². The Bertz CT molecular complexity index is 970. The molecule has 1 aromatic heterocycles. The van der Waals surface area contributed by atoms with Crippen LogP contribution in [-0.4, -0.2) is 50.6 Å². The summed E-state index contributed by atoms with van der Waals surface area (Å²) in [5.41, 5.74) is 1.69. The molecule has 8 nitrogen and oxygen atoms in total. The van der Waals surface area contributed by atoms with Gasteiger partial charge in [-0.15, -0.1) is 0 Å². The van der Waals surface area contributed by atoms with Gasteiger partial charge in [0.15, 0.2) is 11.5 Å². The topological polar surface area (TPSA) is 94.7 Å². The Morgan fingerprint density at radius 3 is 2.45 bits per heavy atom. The molecule has 1 amide bonds. The van der Waals surface area contributed by atoms with Crippen LogP contribution in [0.15, 0.2) is 48.5 Å². The molecular formula is C21H23N3O5. The van der Waals surface area contributed by atoms with Crippen molar-refractivity contribution in [1.29, 1.82) is 0 Å². The number of hydrogen-bond acceptors (Lipinski definition) is 6. The molecule has 152 valence electrons. The number of rotatable bonds is 9. The molecule has 3 rings (SSSR count). The minimum Gasteiger partial charge on any atom is -0.497 e. The zero-order valence-electron chi connectivity index (χ0n) is 16.5. The molecule has 0 radical (unpaired) electrons. The van der Waals surface area contributed by atoms with E-state index in [1.807, 2.05) is 36.4 Å². The number of amides is 1. The summed E-state index contributed by atoms with van der Waals surface area (Å²) in [4.78, 5) is 12.4. The van der Waals surface area contributed by atoms with Crippen molar-refractivity contribution in [3.63, 3.8) is 0 Å². The first-order valence-corrected chi connectivity index (χ1v) is 8.98. The largest absolute Gasteiger partial charge is 0.497 e. The smallest absolute Gasteiger partial charge is 0.269 e. The number of nitrogens with zero attached hydrogens (tertiary/aromatic N) is 1. The van der Waals surface area contributed by atoms with Crippen LogP contribution in [0.25, 0.3) is 11.3 Å². The van der Waals surface area contributed by atoms with E-state index in [9.17, 15) is 4.79 Å². The van der Waals surface area contributed by atoms with Gasteiger partial charge in [0.05, 0.1) is 33.6 Å². The highest BCUT2D eigenvalue weighted by molar-refractivity contribution is 5.93. The number of H-pyrrole nitrogens is 1. The van der Waals surface area contributed by atoms with Crippen LogP contribution < -0.4 is 24.3 Å². The van der Waals surface area contributed by atoms with E-state index in [2.05, 4.69) is 15.5 Å². The maximum atomic E-state index is 12.4. The number of methoxy groups -OCH3 is 3. The summed E-state index contributed by atoms with van der Waals surface area (Å²) in [5.74, 6) is 2.27. The van der Waals surface area contributed by atoms with Crippen molar-refractivity contribution >= 4 is 5.91 Å². The van der Waals surface area contributed by atoms with E-state index in [4.69, 9.17) is 18.9 Å². The van der Waals surface area contributed by atoms with Gasteiger partial charge in [-0.3, -0.25) is 9.89 Å². The van der Waals surface area contributed by atoms with Crippen LogP contribution >= 0.6 is 0 Å². The SMILES string of the molecule is COc1ccc(-c2cc(C(=O)NCCOc3ccccc3OC)[nH]n2)c(OC)c1. The number of hydrogen-bond donors (Lipinski definition) is 2. The molecule has 2 N–H and O–H groups in total. The molecule has 8 heteroatoms. The molecule has 0 saturated carbocycles. The summed E-state index contributed by atoms with van der Waals surface area (Å²) in [6.07, 6.45) is 0. The number of para-hydroxylation sites is 2. The van der Waals surface area contributed by atoms with E-state index >= 15 is 0 Å². The van der Waals surface area contributed by atoms with Crippen molar-refractivity contribution in [3.8, 4) is 34.3 Å². The van der Waals surface area contributed by atoms with Gasteiger partial charge in [0.1, 0.15) is 23.8 Å². The predicted molar refractivity (Wildman–Crippen MR) is 108 cm³/mol. The molecule has 0 spiro atoms. The third-order valence-corrected chi connectivity index (χ3v) is 4.22. The second-order valence-corrected chi connectivity index (χ2v) is 5.99. The fraction of sp³-hybridized carbons (Fsp3) is 0.238. The summed E-state index contributed by atoms with van der Waals surface area (Å²) < 4.78 is 21.5. The van der Waals surface area contributed by atoms with Crippen LogP contribution in [0.1, 0.15) is 10.5 Å². The van der Waals surface area contributed by atoms with Gasteiger partial charge in [0.2, 0.25) is 0 Å². The van der Waals surface area contributed by atoms with Gasteiger partial charge < -0.3 is 24.3 Å². The summed E-state index contributed by atoms with van der Waals surface area (Å²) in [7, 11) is 4.74. The van der Waals surface area contributed by atoms with Crippen LogP contribution in [0, 0.1) is 0 Å². The molecule has 0 unspecified atom stereocenters. The van der Waals surface area contributed by atoms with Crippen molar-refractivity contribution in [2.75, 3.05) is 34.5 Å². The van der Waals surface area contributed by atoms with Gasteiger partial charge in [-0.05, 0) is 30.3 Å². The Hall–Kier alpha value is -3.68. The lowest BCUT2D eigenvalue weighted by Crippen LogP contribution is -2.28. The molecule has 0 aliphatic heterocycles. The van der Waals surface area contributed by atoms with E-state index < -0.39 is 0 Å². The summed E-state index contributed by atoms with van der Waals surface area (Å²) >= 11 is 0. The first-order chi connectivity index (χ1) is 14.2. The minimum absolute atomic E-state index is 0.278. The molecule has 1 heterocycles. The van der Waals surface area contributed by atoms with Crippen molar-refractivity contribution in [2.45, 2.75) is 0 Å². The van der Waals surface area contributed by atoms with E-state index in [1.54, 1.807) is 33.5 Å². The van der Waals surface area contributed by atoms with Crippen LogP contribution in [0.2, 0.25) is 0 Å². The normalized spacial score (nSPS) is 10.3. The molecule has 3 aromatic rings. The molecule has 0 saturated heterocycles. The lowest BCUT2D eigenvalue weighted by molar-refractivity contribution is 0.0942. The van der Waals surface area contributed by atoms with Crippen molar-refractivity contribution in [2.24, 2.45) is 0 Å². The molecule has 29 heavy (non-hydrogen) atoms. The van der Waals surface area contributed by atoms with E-state index in [0.717, 1.165) is 5.56 Å². The van der Waals surface area contributed by atoms with Gasteiger partial charge in [-0.25, -0.2) is 0 Å². The number of carbonyl (C=O) groups excluding carboxylic acids is 1. The number of aromatic nitrogens is 2. The van der Waals surface area contributed by atoms with E-state index in [0.29, 0.717) is 47.5 Å². The maximum Gasteiger partial charge on any atom is 0.269 e. The average molecular weight is 397 g/mol. The molecule has 0 aliphatic rings. The number of benzene rings is 2. The molecule has 2 aromatic carbocycles. The zero-order chi connectivity index (χ0) is 20.6. The molecule has 0 aliphatic carbocycles. The Morgan fingerprint density at radius 2 is 1.72 bits per heavy atom. The highest BCUT2D eigenvalue weighted by atomic mass is 16.5. The van der Waals surface area contributed by atoms with Gasteiger partial charge in [0.25, 0.3) is 5.91 Å².